The summed E-state index contributed by atoms with van der Waals surface area (Å²) in [6, 6.07) is 19.2. The number of aromatic nitrogens is 3. The SMILES string of the molecule is CC(C)CCCO.NC(=O)c1c(-c2ccccc2)nc2c(Nc3cccc(N4CCOCC4)n3)cccn12. The molecule has 200 valence electrons. The molecule has 1 aromatic carbocycles. The van der Waals surface area contributed by atoms with Crippen LogP contribution in [0.3, 0.4) is 0 Å². The molecule has 1 aliphatic rings. The predicted octanol–water partition coefficient (Wildman–Crippen LogP) is 4.49. The van der Waals surface area contributed by atoms with Crippen molar-refractivity contribution in [3.8, 4) is 11.3 Å². The van der Waals surface area contributed by atoms with E-state index in [1.165, 1.54) is 0 Å². The van der Waals surface area contributed by atoms with Gasteiger partial charge in [0, 0.05) is 31.5 Å². The minimum absolute atomic E-state index is 0.345. The number of amides is 1. The van der Waals surface area contributed by atoms with Gasteiger partial charge in [0.2, 0.25) is 0 Å². The van der Waals surface area contributed by atoms with E-state index in [9.17, 15) is 4.79 Å². The number of nitrogens with two attached hydrogens (primary N) is 1. The summed E-state index contributed by atoms with van der Waals surface area (Å²) >= 11 is 0. The third-order valence-electron chi connectivity index (χ3n) is 6.20. The van der Waals surface area contributed by atoms with Crippen LogP contribution in [0.2, 0.25) is 0 Å². The average Bonchev–Trinajstić information content (AvgIpc) is 3.35. The normalized spacial score (nSPS) is 13.3. The topological polar surface area (TPSA) is 118 Å². The number of hydrogen-bond acceptors (Lipinski definition) is 7. The Balaban J connectivity index is 0.000000426. The number of benzene rings is 1. The molecule has 1 amide bonds. The third-order valence-corrected chi connectivity index (χ3v) is 6.20. The second kappa shape index (κ2) is 13.0. The highest BCUT2D eigenvalue weighted by Gasteiger charge is 2.20. The first kappa shape index (κ1) is 27.1. The number of fused-ring (bicyclic) bond motifs is 1. The van der Waals surface area contributed by atoms with Gasteiger partial charge in [0.1, 0.15) is 23.0 Å². The van der Waals surface area contributed by atoms with Gasteiger partial charge in [0.05, 0.1) is 18.9 Å². The third kappa shape index (κ3) is 6.67. The standard InChI is InChI=1S/C23H22N6O2.C6H14O/c24-22(30)21-20(16-6-2-1-3-7-16)27-23-17(8-5-11-29(21)23)25-18-9-4-10-19(26-18)28-12-14-31-15-13-28;1-6(2)4-3-5-7/h1-11H,12-15H2,(H2,24,30)(H,25,26);6-7H,3-5H2,1-2H3. The van der Waals surface area contributed by atoms with Crippen LogP contribution in [0.1, 0.15) is 37.2 Å². The average molecular weight is 517 g/mol. The van der Waals surface area contributed by atoms with E-state index in [2.05, 4.69) is 24.1 Å². The number of ether oxygens (including phenoxy) is 1. The number of nitrogens with one attached hydrogen (secondary N) is 1. The summed E-state index contributed by atoms with van der Waals surface area (Å²) in [5.41, 5.74) is 8.79. The minimum atomic E-state index is -0.532. The van der Waals surface area contributed by atoms with Gasteiger partial charge in [-0.1, -0.05) is 50.2 Å². The first-order chi connectivity index (χ1) is 18.5. The number of pyridine rings is 2. The molecule has 4 aromatic rings. The van der Waals surface area contributed by atoms with Crippen LogP contribution < -0.4 is 16.0 Å². The van der Waals surface area contributed by atoms with Gasteiger partial charge in [0.25, 0.3) is 5.91 Å². The number of aliphatic hydroxyl groups is 1. The number of morpholine rings is 1. The van der Waals surface area contributed by atoms with Crippen LogP contribution in [0.25, 0.3) is 16.9 Å². The largest absolute Gasteiger partial charge is 0.396 e. The van der Waals surface area contributed by atoms with Crippen LogP contribution in [0.15, 0.2) is 66.9 Å². The van der Waals surface area contributed by atoms with Gasteiger partial charge in [0.15, 0.2) is 5.65 Å². The fourth-order valence-electron chi connectivity index (χ4n) is 4.30. The highest BCUT2D eigenvalue weighted by molar-refractivity contribution is 5.99. The summed E-state index contributed by atoms with van der Waals surface area (Å²) in [6.45, 7) is 7.70. The monoisotopic (exact) mass is 516 g/mol. The summed E-state index contributed by atoms with van der Waals surface area (Å²) in [5.74, 6) is 1.80. The minimum Gasteiger partial charge on any atom is -0.396 e. The smallest absolute Gasteiger partial charge is 0.268 e. The molecule has 0 bridgehead atoms. The Morgan fingerprint density at radius 3 is 2.47 bits per heavy atom. The van der Waals surface area contributed by atoms with Crippen LogP contribution >= 0.6 is 0 Å². The number of imidazole rings is 1. The number of anilines is 3. The van der Waals surface area contributed by atoms with E-state index < -0.39 is 5.91 Å². The van der Waals surface area contributed by atoms with E-state index in [0.29, 0.717) is 42.7 Å². The quantitative estimate of drug-likeness (QED) is 0.316. The lowest BCUT2D eigenvalue weighted by molar-refractivity contribution is 0.0995. The van der Waals surface area contributed by atoms with Gasteiger partial charge in [-0.15, -0.1) is 0 Å². The highest BCUT2D eigenvalue weighted by Crippen LogP contribution is 2.29. The van der Waals surface area contributed by atoms with Crippen molar-refractivity contribution in [2.24, 2.45) is 11.7 Å². The van der Waals surface area contributed by atoms with E-state index in [4.69, 9.17) is 25.5 Å². The summed E-state index contributed by atoms with van der Waals surface area (Å²) in [4.78, 5) is 24.0. The lowest BCUT2D eigenvalue weighted by atomic mass is 10.1. The molecule has 5 rings (SSSR count). The van der Waals surface area contributed by atoms with E-state index >= 15 is 0 Å². The number of aliphatic hydroxyl groups excluding tert-OH is 1. The van der Waals surface area contributed by atoms with Crippen molar-refractivity contribution in [2.75, 3.05) is 43.1 Å². The van der Waals surface area contributed by atoms with Crippen LogP contribution in [-0.4, -0.2) is 58.3 Å². The zero-order chi connectivity index (χ0) is 26.9. The number of hydrogen-bond donors (Lipinski definition) is 3. The highest BCUT2D eigenvalue weighted by atomic mass is 16.5. The van der Waals surface area contributed by atoms with Gasteiger partial charge in [-0.05, 0) is 43.0 Å². The maximum Gasteiger partial charge on any atom is 0.268 e. The Labute approximate surface area is 223 Å². The van der Waals surface area contributed by atoms with Crippen LogP contribution in [0, 0.1) is 5.92 Å². The van der Waals surface area contributed by atoms with Crippen molar-refractivity contribution in [2.45, 2.75) is 26.7 Å². The Morgan fingerprint density at radius 2 is 1.82 bits per heavy atom. The summed E-state index contributed by atoms with van der Waals surface area (Å²) in [6.07, 6.45) is 3.89. The molecular weight excluding hydrogens is 480 g/mol. The molecule has 0 unspecified atom stereocenters. The number of carbonyl (C=O) groups excluding carboxylic acids is 1. The molecule has 0 radical (unpaired) electrons. The Morgan fingerprint density at radius 1 is 1.05 bits per heavy atom. The summed E-state index contributed by atoms with van der Waals surface area (Å²) in [7, 11) is 0. The molecule has 38 heavy (non-hydrogen) atoms. The first-order valence-electron chi connectivity index (χ1n) is 13.0. The first-order valence-corrected chi connectivity index (χ1v) is 13.0. The fourth-order valence-corrected chi connectivity index (χ4v) is 4.30. The van der Waals surface area contributed by atoms with Crippen molar-refractivity contribution >= 4 is 28.9 Å². The number of carbonyl (C=O) groups is 1. The summed E-state index contributed by atoms with van der Waals surface area (Å²) in [5, 5.41) is 11.7. The zero-order valence-corrected chi connectivity index (χ0v) is 22.0. The van der Waals surface area contributed by atoms with Gasteiger partial charge in [-0.3, -0.25) is 9.20 Å². The van der Waals surface area contributed by atoms with Crippen LogP contribution in [-0.2, 0) is 4.74 Å². The molecule has 9 nitrogen and oxygen atoms in total. The van der Waals surface area contributed by atoms with Crippen molar-refractivity contribution in [1.29, 1.82) is 0 Å². The van der Waals surface area contributed by atoms with Gasteiger partial charge >= 0.3 is 0 Å². The van der Waals surface area contributed by atoms with Crippen molar-refractivity contribution in [3.05, 3.63) is 72.6 Å². The van der Waals surface area contributed by atoms with Gasteiger partial charge in [-0.25, -0.2) is 9.97 Å². The molecule has 1 fully saturated rings. The molecule has 1 saturated heterocycles. The molecule has 4 heterocycles. The maximum absolute atomic E-state index is 12.3. The molecule has 9 heteroatoms. The Kier molecular flexibility index (Phi) is 9.29. The Hall–Kier alpha value is -3.95. The van der Waals surface area contributed by atoms with E-state index in [-0.39, 0.29) is 0 Å². The van der Waals surface area contributed by atoms with Crippen molar-refractivity contribution in [3.63, 3.8) is 0 Å². The number of nitrogens with zero attached hydrogens (tertiary/aromatic N) is 4. The zero-order valence-electron chi connectivity index (χ0n) is 22.0. The molecule has 0 aliphatic carbocycles. The lowest BCUT2D eigenvalue weighted by Gasteiger charge is -2.28. The second-order valence-corrected chi connectivity index (χ2v) is 9.52. The van der Waals surface area contributed by atoms with Crippen LogP contribution in [0.4, 0.5) is 17.3 Å². The lowest BCUT2D eigenvalue weighted by Crippen LogP contribution is -2.36. The second-order valence-electron chi connectivity index (χ2n) is 9.52. The van der Waals surface area contributed by atoms with E-state index in [1.54, 1.807) is 10.6 Å². The molecule has 0 saturated carbocycles. The molecule has 0 spiro atoms. The molecule has 0 atom stereocenters. The van der Waals surface area contributed by atoms with Crippen molar-refractivity contribution in [1.82, 2.24) is 14.4 Å². The van der Waals surface area contributed by atoms with Gasteiger partial charge < -0.3 is 25.8 Å². The van der Waals surface area contributed by atoms with Gasteiger partial charge in [-0.2, -0.15) is 0 Å². The Bertz CT molecular complexity index is 1330. The predicted molar refractivity (Wildman–Crippen MR) is 151 cm³/mol. The number of primary amides is 1. The molecular formula is C29H36N6O3. The van der Waals surface area contributed by atoms with Crippen molar-refractivity contribution < 1.29 is 14.6 Å². The summed E-state index contributed by atoms with van der Waals surface area (Å²) < 4.78 is 7.15. The fraction of sp³-hybridized carbons (Fsp3) is 0.345. The van der Waals surface area contributed by atoms with E-state index in [1.807, 2.05) is 60.7 Å². The maximum atomic E-state index is 12.3. The molecule has 4 N–H and O–H groups in total. The number of rotatable bonds is 8. The van der Waals surface area contributed by atoms with Crippen LogP contribution in [0.5, 0.6) is 0 Å². The van der Waals surface area contributed by atoms with E-state index in [0.717, 1.165) is 48.9 Å². The molecule has 3 aromatic heterocycles. The molecule has 1 aliphatic heterocycles.